The number of carbonyl (C=O) groups is 1. The van der Waals surface area contributed by atoms with Gasteiger partial charge in [-0.2, -0.15) is 0 Å². The van der Waals surface area contributed by atoms with Gasteiger partial charge in [0.15, 0.2) is 0 Å². The lowest BCUT2D eigenvalue weighted by Crippen LogP contribution is -2.14. The summed E-state index contributed by atoms with van der Waals surface area (Å²) in [5.41, 5.74) is 7.54. The zero-order valence-electron chi connectivity index (χ0n) is 13.0. The predicted molar refractivity (Wildman–Crippen MR) is 90.2 cm³/mol. The Kier molecular flexibility index (Phi) is 5.42. The van der Waals surface area contributed by atoms with Crippen molar-refractivity contribution in [2.45, 2.75) is 20.3 Å². The summed E-state index contributed by atoms with van der Waals surface area (Å²) in [6, 6.07) is 14.3. The number of para-hydroxylation sites is 1. The number of amides is 1. The molecule has 3 N–H and O–H groups in total. The van der Waals surface area contributed by atoms with Crippen LogP contribution in [0.15, 0.2) is 48.5 Å². The fourth-order valence-electron chi connectivity index (χ4n) is 1.95. The normalized spacial score (nSPS) is 10.5. The van der Waals surface area contributed by atoms with Crippen LogP contribution in [0.1, 0.15) is 30.6 Å². The molecule has 0 fully saturated rings. The van der Waals surface area contributed by atoms with Crippen LogP contribution >= 0.6 is 0 Å². The van der Waals surface area contributed by atoms with Crippen LogP contribution in [0.25, 0.3) is 0 Å². The Balaban J connectivity index is 2.07. The second-order valence-electron chi connectivity index (χ2n) is 5.60. The summed E-state index contributed by atoms with van der Waals surface area (Å²) in [5, 5.41) is 2.85. The van der Waals surface area contributed by atoms with E-state index in [4.69, 9.17) is 10.5 Å². The van der Waals surface area contributed by atoms with Crippen LogP contribution in [-0.4, -0.2) is 12.5 Å². The number of benzene rings is 2. The van der Waals surface area contributed by atoms with Crippen molar-refractivity contribution < 1.29 is 9.53 Å². The van der Waals surface area contributed by atoms with Crippen molar-refractivity contribution in [2.75, 3.05) is 17.7 Å². The summed E-state index contributed by atoms with van der Waals surface area (Å²) in [4.78, 5) is 12.4. The van der Waals surface area contributed by atoms with Gasteiger partial charge in [0.2, 0.25) is 0 Å². The van der Waals surface area contributed by atoms with E-state index in [-0.39, 0.29) is 5.91 Å². The molecule has 0 heterocycles. The van der Waals surface area contributed by atoms with Gasteiger partial charge in [-0.05, 0) is 48.7 Å². The molecule has 116 valence electrons. The van der Waals surface area contributed by atoms with Crippen molar-refractivity contribution >= 4 is 17.3 Å². The highest BCUT2D eigenvalue weighted by Crippen LogP contribution is 2.20. The number of anilines is 2. The smallest absolute Gasteiger partial charge is 0.259 e. The molecule has 0 aliphatic heterocycles. The fraction of sp³-hybridized carbons (Fsp3) is 0.278. The van der Waals surface area contributed by atoms with Crippen molar-refractivity contribution in [1.29, 1.82) is 0 Å². The quantitative estimate of drug-likeness (QED) is 0.794. The Bertz CT molecular complexity index is 621. The molecule has 0 radical (unpaired) electrons. The maximum atomic E-state index is 12.4. The van der Waals surface area contributed by atoms with E-state index in [1.165, 1.54) is 0 Å². The Hall–Kier alpha value is -2.49. The topological polar surface area (TPSA) is 64.3 Å². The first-order chi connectivity index (χ1) is 10.6. The zero-order valence-corrected chi connectivity index (χ0v) is 13.0. The molecular weight excluding hydrogens is 276 g/mol. The Labute approximate surface area is 131 Å². The number of nitrogens with one attached hydrogen (secondary N) is 1. The van der Waals surface area contributed by atoms with Crippen LogP contribution in [0.2, 0.25) is 0 Å². The molecule has 0 saturated carbocycles. The van der Waals surface area contributed by atoms with Crippen LogP contribution in [0.4, 0.5) is 11.4 Å². The van der Waals surface area contributed by atoms with E-state index in [9.17, 15) is 4.79 Å². The molecule has 0 atom stereocenters. The summed E-state index contributed by atoms with van der Waals surface area (Å²) >= 11 is 0. The monoisotopic (exact) mass is 298 g/mol. The maximum absolute atomic E-state index is 12.4. The highest BCUT2D eigenvalue weighted by Gasteiger charge is 2.12. The third-order valence-electron chi connectivity index (χ3n) is 3.25. The summed E-state index contributed by atoms with van der Waals surface area (Å²) in [5.74, 6) is 0.983. The number of nitrogens with two attached hydrogens (primary N) is 1. The third kappa shape index (κ3) is 4.52. The molecule has 2 aromatic carbocycles. The van der Waals surface area contributed by atoms with Crippen molar-refractivity contribution in [3.05, 3.63) is 54.1 Å². The molecule has 0 spiro atoms. The number of carbonyl (C=O) groups excluding carboxylic acids is 1. The predicted octanol–water partition coefficient (Wildman–Crippen LogP) is 3.95. The van der Waals surface area contributed by atoms with E-state index in [1.54, 1.807) is 30.3 Å². The second kappa shape index (κ2) is 7.50. The van der Waals surface area contributed by atoms with E-state index < -0.39 is 0 Å². The van der Waals surface area contributed by atoms with Gasteiger partial charge in [0.25, 0.3) is 5.91 Å². The third-order valence-corrected chi connectivity index (χ3v) is 3.25. The lowest BCUT2D eigenvalue weighted by Gasteiger charge is -2.12. The van der Waals surface area contributed by atoms with E-state index in [2.05, 4.69) is 19.2 Å². The summed E-state index contributed by atoms with van der Waals surface area (Å²) in [7, 11) is 0. The molecule has 0 saturated heterocycles. The molecule has 4 heteroatoms. The fourth-order valence-corrected chi connectivity index (χ4v) is 1.95. The summed E-state index contributed by atoms with van der Waals surface area (Å²) in [6.45, 7) is 4.88. The number of hydrogen-bond acceptors (Lipinski definition) is 3. The van der Waals surface area contributed by atoms with Crippen molar-refractivity contribution in [1.82, 2.24) is 0 Å². The minimum Gasteiger partial charge on any atom is -0.493 e. The Morgan fingerprint density at radius 2 is 1.82 bits per heavy atom. The average Bonchev–Trinajstić information content (AvgIpc) is 2.49. The van der Waals surface area contributed by atoms with E-state index in [0.717, 1.165) is 6.42 Å². The summed E-state index contributed by atoms with van der Waals surface area (Å²) in [6.07, 6.45) is 0.952. The van der Waals surface area contributed by atoms with Crippen molar-refractivity contribution in [3.63, 3.8) is 0 Å². The number of rotatable bonds is 6. The molecule has 0 unspecified atom stereocenters. The number of hydrogen-bond donors (Lipinski definition) is 2. The lowest BCUT2D eigenvalue weighted by molar-refractivity contribution is 0.102. The maximum Gasteiger partial charge on any atom is 0.259 e. The Morgan fingerprint density at radius 3 is 2.50 bits per heavy atom. The molecule has 4 nitrogen and oxygen atoms in total. The van der Waals surface area contributed by atoms with Crippen LogP contribution in [0.5, 0.6) is 5.75 Å². The van der Waals surface area contributed by atoms with Crippen LogP contribution in [0, 0.1) is 5.92 Å². The molecule has 1 amide bonds. The first-order valence-corrected chi connectivity index (χ1v) is 7.45. The van der Waals surface area contributed by atoms with Crippen LogP contribution < -0.4 is 15.8 Å². The van der Waals surface area contributed by atoms with Gasteiger partial charge in [0, 0.05) is 11.4 Å². The van der Waals surface area contributed by atoms with Crippen LogP contribution in [-0.2, 0) is 0 Å². The van der Waals surface area contributed by atoms with Crippen LogP contribution in [0.3, 0.4) is 0 Å². The minimum absolute atomic E-state index is 0.190. The van der Waals surface area contributed by atoms with Gasteiger partial charge < -0.3 is 15.8 Å². The average molecular weight is 298 g/mol. The van der Waals surface area contributed by atoms with Crippen molar-refractivity contribution in [3.8, 4) is 5.75 Å². The van der Waals surface area contributed by atoms with Gasteiger partial charge in [-0.15, -0.1) is 0 Å². The molecular formula is C18H22N2O2. The zero-order chi connectivity index (χ0) is 15.9. The molecule has 22 heavy (non-hydrogen) atoms. The first-order valence-electron chi connectivity index (χ1n) is 7.45. The number of nitrogen functional groups attached to an aromatic ring is 1. The molecule has 2 aromatic rings. The second-order valence-corrected chi connectivity index (χ2v) is 5.60. The molecule has 0 aliphatic rings. The van der Waals surface area contributed by atoms with Gasteiger partial charge in [-0.25, -0.2) is 0 Å². The molecule has 2 rings (SSSR count). The number of ether oxygens (including phenoxy) is 1. The molecule has 0 bridgehead atoms. The van der Waals surface area contributed by atoms with Gasteiger partial charge in [0.1, 0.15) is 5.75 Å². The largest absolute Gasteiger partial charge is 0.493 e. The first kappa shape index (κ1) is 15.9. The minimum atomic E-state index is -0.190. The molecule has 0 aromatic heterocycles. The van der Waals surface area contributed by atoms with Gasteiger partial charge in [0.05, 0.1) is 12.2 Å². The lowest BCUT2D eigenvalue weighted by atomic mass is 10.1. The van der Waals surface area contributed by atoms with E-state index in [1.807, 2.05) is 18.2 Å². The Morgan fingerprint density at radius 1 is 1.14 bits per heavy atom. The highest BCUT2D eigenvalue weighted by molar-refractivity contribution is 6.06. The SMILES string of the molecule is CC(C)CCOc1ccccc1C(=O)Nc1ccc(N)cc1. The standard InChI is InChI=1S/C18H22N2O2/c1-13(2)11-12-22-17-6-4-3-5-16(17)18(21)20-15-9-7-14(19)8-10-15/h3-10,13H,11-12,19H2,1-2H3,(H,20,21). The molecule has 0 aliphatic carbocycles. The highest BCUT2D eigenvalue weighted by atomic mass is 16.5. The van der Waals surface area contributed by atoms with Gasteiger partial charge in [-0.1, -0.05) is 26.0 Å². The van der Waals surface area contributed by atoms with E-state index in [0.29, 0.717) is 35.2 Å². The van der Waals surface area contributed by atoms with Gasteiger partial charge >= 0.3 is 0 Å². The van der Waals surface area contributed by atoms with E-state index >= 15 is 0 Å². The van der Waals surface area contributed by atoms with Crippen molar-refractivity contribution in [2.24, 2.45) is 5.92 Å². The summed E-state index contributed by atoms with van der Waals surface area (Å²) < 4.78 is 5.75. The van der Waals surface area contributed by atoms with Gasteiger partial charge in [-0.3, -0.25) is 4.79 Å².